The van der Waals surface area contributed by atoms with Crippen LogP contribution in [-0.2, 0) is 19.5 Å². The second-order valence-electron chi connectivity index (χ2n) is 5.36. The minimum absolute atomic E-state index is 0.271. The first kappa shape index (κ1) is 15.8. The largest absolute Gasteiger partial charge is 0.349 e. The Hall–Kier alpha value is -1.09. The first-order valence-corrected chi connectivity index (χ1v) is 8.64. The molecule has 0 saturated carbocycles. The van der Waals surface area contributed by atoms with Gasteiger partial charge in [0.2, 0.25) is 10.0 Å². The summed E-state index contributed by atoms with van der Waals surface area (Å²) < 4.78 is 64.5. The Kier molecular flexibility index (Phi) is 4.44. The maximum absolute atomic E-state index is 13.9. The summed E-state index contributed by atoms with van der Waals surface area (Å²) in [6, 6.07) is 2.00. The minimum atomic E-state index is -4.06. The molecule has 2 saturated heterocycles. The Morgan fingerprint density at radius 1 is 1.14 bits per heavy atom. The Labute approximate surface area is 127 Å². The maximum atomic E-state index is 13.9. The van der Waals surface area contributed by atoms with Crippen molar-refractivity contribution in [1.82, 2.24) is 4.31 Å². The van der Waals surface area contributed by atoms with E-state index in [1.54, 1.807) is 0 Å². The van der Waals surface area contributed by atoms with Crippen molar-refractivity contribution in [3.8, 4) is 0 Å². The Morgan fingerprint density at radius 3 is 2.55 bits per heavy atom. The van der Waals surface area contributed by atoms with Crippen molar-refractivity contribution in [3.63, 3.8) is 0 Å². The van der Waals surface area contributed by atoms with Crippen molar-refractivity contribution in [3.05, 3.63) is 29.8 Å². The van der Waals surface area contributed by atoms with Crippen LogP contribution in [0.2, 0.25) is 0 Å². The highest BCUT2D eigenvalue weighted by molar-refractivity contribution is 7.89. The second kappa shape index (κ2) is 6.19. The summed E-state index contributed by atoms with van der Waals surface area (Å²) in [5.74, 6) is -1.90. The van der Waals surface area contributed by atoms with E-state index in [1.165, 1.54) is 4.31 Å². The number of piperidine rings is 1. The van der Waals surface area contributed by atoms with E-state index in [1.807, 2.05) is 0 Å². The molecule has 0 unspecified atom stereocenters. The Bertz CT molecular complexity index is 646. The first-order valence-electron chi connectivity index (χ1n) is 7.20. The van der Waals surface area contributed by atoms with Gasteiger partial charge in [0.1, 0.15) is 16.5 Å². The fourth-order valence-corrected chi connectivity index (χ4v) is 4.64. The minimum Gasteiger partial charge on any atom is -0.349 e. The zero-order valence-corrected chi connectivity index (χ0v) is 12.7. The predicted molar refractivity (Wildman–Crippen MR) is 73.6 cm³/mol. The summed E-state index contributed by atoms with van der Waals surface area (Å²) in [6.45, 7) is 1.10. The molecule has 0 N–H and O–H groups in total. The van der Waals surface area contributed by atoms with Gasteiger partial charge in [-0.3, -0.25) is 0 Å². The monoisotopic (exact) mass is 333 g/mol. The van der Waals surface area contributed by atoms with Crippen molar-refractivity contribution in [1.29, 1.82) is 0 Å². The Morgan fingerprint density at radius 2 is 1.86 bits per heavy atom. The number of hydrogen-bond acceptors (Lipinski definition) is 4. The molecule has 2 fully saturated rings. The summed E-state index contributed by atoms with van der Waals surface area (Å²) in [7, 11) is -4.06. The van der Waals surface area contributed by atoms with Gasteiger partial charge in [-0.25, -0.2) is 17.2 Å². The van der Waals surface area contributed by atoms with Gasteiger partial charge in [-0.15, -0.1) is 0 Å². The van der Waals surface area contributed by atoms with E-state index in [-0.39, 0.29) is 6.54 Å². The lowest BCUT2D eigenvalue weighted by Crippen LogP contribution is -2.50. The third-order valence-electron chi connectivity index (χ3n) is 3.94. The van der Waals surface area contributed by atoms with E-state index in [2.05, 4.69) is 0 Å². The number of sulfonamides is 1. The lowest BCUT2D eigenvalue weighted by molar-refractivity contribution is -0.0913. The van der Waals surface area contributed by atoms with Crippen LogP contribution in [0, 0.1) is 11.6 Å². The van der Waals surface area contributed by atoms with Crippen LogP contribution >= 0.6 is 0 Å². The number of ether oxygens (including phenoxy) is 2. The second-order valence-corrected chi connectivity index (χ2v) is 7.22. The van der Waals surface area contributed by atoms with Crippen LogP contribution in [0.15, 0.2) is 23.1 Å². The van der Waals surface area contributed by atoms with Gasteiger partial charge in [0, 0.05) is 12.6 Å². The predicted octanol–water partition coefficient (Wildman–Crippen LogP) is 1.88. The van der Waals surface area contributed by atoms with Gasteiger partial charge in [0.15, 0.2) is 6.29 Å². The molecule has 3 rings (SSSR count). The molecule has 2 aliphatic heterocycles. The topological polar surface area (TPSA) is 55.8 Å². The van der Waals surface area contributed by atoms with Gasteiger partial charge in [-0.1, -0.05) is 6.42 Å². The van der Waals surface area contributed by atoms with Crippen LogP contribution in [0.4, 0.5) is 8.78 Å². The van der Waals surface area contributed by atoms with Crippen LogP contribution in [-0.4, -0.2) is 44.8 Å². The number of hydrogen-bond donors (Lipinski definition) is 0. The fourth-order valence-electron chi connectivity index (χ4n) is 2.91. The quantitative estimate of drug-likeness (QED) is 0.847. The van der Waals surface area contributed by atoms with E-state index < -0.39 is 38.9 Å². The van der Waals surface area contributed by atoms with Gasteiger partial charge >= 0.3 is 0 Å². The van der Waals surface area contributed by atoms with Crippen LogP contribution in [0.5, 0.6) is 0 Å². The molecule has 1 atom stereocenters. The molecular weight excluding hydrogens is 316 g/mol. The average molecular weight is 333 g/mol. The van der Waals surface area contributed by atoms with Crippen LogP contribution in [0.1, 0.15) is 19.3 Å². The summed E-state index contributed by atoms with van der Waals surface area (Å²) in [4.78, 5) is -0.515. The normalized spacial score (nSPS) is 24.7. The van der Waals surface area contributed by atoms with Crippen molar-refractivity contribution in [2.45, 2.75) is 36.5 Å². The fraction of sp³-hybridized carbons (Fsp3) is 0.571. The third kappa shape index (κ3) is 2.88. The van der Waals surface area contributed by atoms with E-state index in [0.29, 0.717) is 32.1 Å². The molecule has 5 nitrogen and oxygen atoms in total. The van der Waals surface area contributed by atoms with Gasteiger partial charge in [-0.05, 0) is 25.0 Å². The molecule has 1 aromatic carbocycles. The zero-order chi connectivity index (χ0) is 15.7. The first-order chi connectivity index (χ1) is 10.5. The SMILES string of the molecule is O=S(=O)(c1ccc(F)cc1F)N1CCCC[C@H]1C1OCCO1. The van der Waals surface area contributed by atoms with Gasteiger partial charge < -0.3 is 9.47 Å². The number of nitrogens with zero attached hydrogens (tertiary/aromatic N) is 1. The molecule has 122 valence electrons. The van der Waals surface area contributed by atoms with Crippen molar-refractivity contribution in [2.24, 2.45) is 0 Å². The summed E-state index contributed by atoms with van der Waals surface area (Å²) in [5.41, 5.74) is 0. The van der Waals surface area contributed by atoms with Gasteiger partial charge in [0.05, 0.1) is 19.3 Å². The summed E-state index contributed by atoms with van der Waals surface area (Å²) in [6.07, 6.45) is 1.50. The molecule has 0 aromatic heterocycles. The molecule has 0 radical (unpaired) electrons. The van der Waals surface area contributed by atoms with Gasteiger partial charge in [0.25, 0.3) is 0 Å². The van der Waals surface area contributed by atoms with Crippen molar-refractivity contribution < 1.29 is 26.7 Å². The Balaban J connectivity index is 1.94. The molecule has 0 bridgehead atoms. The molecule has 22 heavy (non-hydrogen) atoms. The molecule has 0 spiro atoms. The number of benzene rings is 1. The molecule has 0 aliphatic carbocycles. The lowest BCUT2D eigenvalue weighted by Gasteiger charge is -2.36. The number of rotatable bonds is 3. The molecular formula is C14H17F2NO4S. The highest BCUT2D eigenvalue weighted by atomic mass is 32.2. The molecule has 8 heteroatoms. The van der Waals surface area contributed by atoms with E-state index >= 15 is 0 Å². The highest BCUT2D eigenvalue weighted by Gasteiger charge is 2.41. The molecule has 1 aromatic rings. The highest BCUT2D eigenvalue weighted by Crippen LogP contribution is 2.30. The average Bonchev–Trinajstić information content (AvgIpc) is 3.01. The van der Waals surface area contributed by atoms with Crippen molar-refractivity contribution >= 4 is 10.0 Å². The molecule has 2 heterocycles. The van der Waals surface area contributed by atoms with Crippen LogP contribution < -0.4 is 0 Å². The molecule has 0 amide bonds. The zero-order valence-electron chi connectivity index (χ0n) is 11.9. The standard InChI is InChI=1S/C14H17F2NO4S/c15-10-4-5-13(11(16)9-10)22(18,19)17-6-2-1-3-12(17)14-20-7-8-21-14/h4-5,9,12,14H,1-3,6-8H2/t12-/m0/s1. The number of halogens is 2. The smallest absolute Gasteiger partial charge is 0.246 e. The van der Waals surface area contributed by atoms with Crippen LogP contribution in [0.3, 0.4) is 0 Å². The van der Waals surface area contributed by atoms with Crippen LogP contribution in [0.25, 0.3) is 0 Å². The third-order valence-corrected chi connectivity index (χ3v) is 5.90. The summed E-state index contributed by atoms with van der Waals surface area (Å²) >= 11 is 0. The summed E-state index contributed by atoms with van der Waals surface area (Å²) in [5, 5.41) is 0. The van der Waals surface area contributed by atoms with E-state index in [0.717, 1.165) is 18.6 Å². The van der Waals surface area contributed by atoms with E-state index in [4.69, 9.17) is 9.47 Å². The van der Waals surface area contributed by atoms with E-state index in [9.17, 15) is 17.2 Å². The lowest BCUT2D eigenvalue weighted by atomic mass is 10.0. The van der Waals surface area contributed by atoms with Crippen molar-refractivity contribution in [2.75, 3.05) is 19.8 Å². The molecule has 2 aliphatic rings. The maximum Gasteiger partial charge on any atom is 0.246 e. The van der Waals surface area contributed by atoms with Gasteiger partial charge in [-0.2, -0.15) is 4.31 Å².